The van der Waals surface area contributed by atoms with Crippen LogP contribution in [0.3, 0.4) is 0 Å². The van der Waals surface area contributed by atoms with Crippen molar-refractivity contribution in [2.24, 2.45) is 5.92 Å². The number of fused-ring (bicyclic) bond motifs is 1. The first-order valence-corrected chi connectivity index (χ1v) is 8.52. The van der Waals surface area contributed by atoms with Gasteiger partial charge in [-0.3, -0.25) is 0 Å². The lowest BCUT2D eigenvalue weighted by Gasteiger charge is -2.22. The normalized spacial score (nSPS) is 14.9. The predicted octanol–water partition coefficient (Wildman–Crippen LogP) is 2.48. The Morgan fingerprint density at radius 2 is 2.32 bits per heavy atom. The van der Waals surface area contributed by atoms with Crippen molar-refractivity contribution in [2.45, 2.75) is 45.8 Å². The summed E-state index contributed by atoms with van der Waals surface area (Å²) in [6, 6.07) is 3.71. The average Bonchev–Trinajstić information content (AvgIpc) is 3.19. The van der Waals surface area contributed by atoms with Crippen LogP contribution in [0.2, 0.25) is 0 Å². The second kappa shape index (κ2) is 6.48. The van der Waals surface area contributed by atoms with Crippen LogP contribution in [-0.4, -0.2) is 20.8 Å². The van der Waals surface area contributed by atoms with Gasteiger partial charge in [-0.2, -0.15) is 0 Å². The van der Waals surface area contributed by atoms with Crippen molar-refractivity contribution in [3.63, 3.8) is 0 Å². The highest BCUT2D eigenvalue weighted by atomic mass is 32.1. The van der Waals surface area contributed by atoms with Gasteiger partial charge in [0.2, 0.25) is 0 Å². The number of aromatic nitrogens is 3. The lowest BCUT2D eigenvalue weighted by atomic mass is 10.0. The quantitative estimate of drug-likeness (QED) is 0.889. The number of nitrogens with one attached hydrogen (secondary N) is 2. The lowest BCUT2D eigenvalue weighted by Crippen LogP contribution is -2.40. The van der Waals surface area contributed by atoms with Crippen molar-refractivity contribution in [3.05, 3.63) is 34.0 Å². The van der Waals surface area contributed by atoms with Crippen molar-refractivity contribution < 1.29 is 4.79 Å². The molecule has 6 nitrogen and oxygen atoms in total. The maximum Gasteiger partial charge on any atom is 0.315 e. The van der Waals surface area contributed by atoms with Crippen molar-refractivity contribution in [1.29, 1.82) is 0 Å². The zero-order valence-electron chi connectivity index (χ0n) is 12.9. The molecule has 118 valence electrons. The monoisotopic (exact) mass is 319 g/mol. The minimum Gasteiger partial charge on any atom is -0.333 e. The van der Waals surface area contributed by atoms with E-state index in [9.17, 15) is 4.79 Å². The van der Waals surface area contributed by atoms with Gasteiger partial charge in [-0.25, -0.2) is 4.79 Å². The first-order valence-electron chi connectivity index (χ1n) is 7.64. The topological polar surface area (TPSA) is 71.8 Å². The molecule has 1 unspecified atom stereocenters. The third-order valence-electron chi connectivity index (χ3n) is 3.87. The lowest BCUT2D eigenvalue weighted by molar-refractivity contribution is 0.231. The number of urea groups is 1. The molecule has 0 saturated carbocycles. The molecule has 7 heteroatoms. The molecule has 2 aromatic rings. The Bertz CT molecular complexity index is 634. The predicted molar refractivity (Wildman–Crippen MR) is 85.6 cm³/mol. The third-order valence-corrected chi connectivity index (χ3v) is 4.75. The van der Waals surface area contributed by atoms with Crippen molar-refractivity contribution in [3.8, 4) is 0 Å². The van der Waals surface area contributed by atoms with E-state index in [0.717, 1.165) is 35.9 Å². The Hall–Kier alpha value is -1.89. The maximum atomic E-state index is 12.2. The molecule has 2 amide bonds. The number of amides is 2. The fourth-order valence-electron chi connectivity index (χ4n) is 2.71. The highest BCUT2D eigenvalue weighted by molar-refractivity contribution is 7.09. The standard InChI is InChI=1S/C15H21N5OS/c1-10(2)13(14-19-18-12-6-3-7-20(12)14)17-15(21)16-9-11-5-4-8-22-11/h4-5,8,10,13H,3,6-7,9H2,1-2H3,(H2,16,17,21). The van der Waals surface area contributed by atoms with Crippen LogP contribution in [0.4, 0.5) is 4.79 Å². The highest BCUT2D eigenvalue weighted by Gasteiger charge is 2.27. The summed E-state index contributed by atoms with van der Waals surface area (Å²) >= 11 is 1.64. The number of thiophene rings is 1. The molecule has 2 aromatic heterocycles. The summed E-state index contributed by atoms with van der Waals surface area (Å²) in [7, 11) is 0. The Morgan fingerprint density at radius 3 is 3.05 bits per heavy atom. The number of rotatable bonds is 5. The molecular formula is C15H21N5OS. The largest absolute Gasteiger partial charge is 0.333 e. The van der Waals surface area contributed by atoms with Gasteiger partial charge in [0.1, 0.15) is 5.82 Å². The maximum absolute atomic E-state index is 12.2. The molecule has 0 bridgehead atoms. The molecule has 3 rings (SSSR count). The van der Waals surface area contributed by atoms with Crippen molar-refractivity contribution in [2.75, 3.05) is 0 Å². The molecular weight excluding hydrogens is 298 g/mol. The second-order valence-electron chi connectivity index (χ2n) is 5.86. The van der Waals surface area contributed by atoms with Gasteiger partial charge in [-0.05, 0) is 23.8 Å². The summed E-state index contributed by atoms with van der Waals surface area (Å²) in [4.78, 5) is 13.3. The van der Waals surface area contributed by atoms with Crippen LogP contribution in [0.5, 0.6) is 0 Å². The van der Waals surface area contributed by atoms with E-state index in [1.807, 2.05) is 17.5 Å². The molecule has 0 spiro atoms. The van der Waals surface area contributed by atoms with Crippen LogP contribution in [-0.2, 0) is 19.5 Å². The molecule has 0 saturated heterocycles. The van der Waals surface area contributed by atoms with E-state index in [1.54, 1.807) is 11.3 Å². The Kier molecular flexibility index (Phi) is 4.42. The van der Waals surface area contributed by atoms with E-state index in [4.69, 9.17) is 0 Å². The van der Waals surface area contributed by atoms with Crippen molar-refractivity contribution in [1.82, 2.24) is 25.4 Å². The van der Waals surface area contributed by atoms with Crippen LogP contribution in [0.15, 0.2) is 17.5 Å². The Balaban J connectivity index is 1.65. The zero-order chi connectivity index (χ0) is 15.5. The molecule has 22 heavy (non-hydrogen) atoms. The number of aryl methyl sites for hydroxylation is 1. The Labute approximate surface area is 133 Å². The SMILES string of the molecule is CC(C)C(NC(=O)NCc1cccs1)c1nnc2n1CCC2. The van der Waals surface area contributed by atoms with Crippen LogP contribution in [0.1, 0.15) is 42.8 Å². The van der Waals surface area contributed by atoms with E-state index in [-0.39, 0.29) is 18.0 Å². The molecule has 0 aliphatic carbocycles. The number of carbonyl (C=O) groups excluding carboxylic acids is 1. The molecule has 0 radical (unpaired) electrons. The fourth-order valence-corrected chi connectivity index (χ4v) is 3.35. The summed E-state index contributed by atoms with van der Waals surface area (Å²) in [5.74, 6) is 2.15. The van der Waals surface area contributed by atoms with Gasteiger partial charge >= 0.3 is 6.03 Å². The van der Waals surface area contributed by atoms with Gasteiger partial charge in [-0.1, -0.05) is 19.9 Å². The number of carbonyl (C=O) groups is 1. The van der Waals surface area contributed by atoms with Crippen LogP contribution in [0.25, 0.3) is 0 Å². The van der Waals surface area contributed by atoms with Gasteiger partial charge in [0, 0.05) is 17.8 Å². The average molecular weight is 319 g/mol. The highest BCUT2D eigenvalue weighted by Crippen LogP contribution is 2.24. The van der Waals surface area contributed by atoms with E-state index in [2.05, 4.69) is 39.2 Å². The first kappa shape index (κ1) is 15.0. The number of hydrogen-bond acceptors (Lipinski definition) is 4. The van der Waals surface area contributed by atoms with Gasteiger partial charge in [-0.15, -0.1) is 21.5 Å². The first-order chi connectivity index (χ1) is 10.6. The minimum atomic E-state index is -0.164. The second-order valence-corrected chi connectivity index (χ2v) is 6.89. The van der Waals surface area contributed by atoms with Crippen molar-refractivity contribution >= 4 is 17.4 Å². The van der Waals surface area contributed by atoms with Gasteiger partial charge in [0.25, 0.3) is 0 Å². The summed E-state index contributed by atoms with van der Waals surface area (Å²) in [5, 5.41) is 16.5. The summed E-state index contributed by atoms with van der Waals surface area (Å²) < 4.78 is 2.14. The molecule has 1 aliphatic rings. The number of hydrogen-bond donors (Lipinski definition) is 2. The smallest absolute Gasteiger partial charge is 0.315 e. The van der Waals surface area contributed by atoms with E-state index < -0.39 is 0 Å². The zero-order valence-corrected chi connectivity index (χ0v) is 13.7. The molecule has 3 heterocycles. The van der Waals surface area contributed by atoms with E-state index in [1.165, 1.54) is 0 Å². The van der Waals surface area contributed by atoms with E-state index >= 15 is 0 Å². The third kappa shape index (κ3) is 3.14. The number of nitrogens with zero attached hydrogens (tertiary/aromatic N) is 3. The summed E-state index contributed by atoms with van der Waals surface area (Å²) in [6.07, 6.45) is 2.08. The Morgan fingerprint density at radius 1 is 1.45 bits per heavy atom. The molecule has 1 atom stereocenters. The summed E-state index contributed by atoms with van der Waals surface area (Å²) in [5.41, 5.74) is 0. The molecule has 0 aromatic carbocycles. The van der Waals surface area contributed by atoms with Crippen LogP contribution >= 0.6 is 11.3 Å². The van der Waals surface area contributed by atoms with Crippen LogP contribution < -0.4 is 10.6 Å². The van der Waals surface area contributed by atoms with E-state index in [0.29, 0.717) is 6.54 Å². The molecule has 1 aliphatic heterocycles. The fraction of sp³-hybridized carbons (Fsp3) is 0.533. The van der Waals surface area contributed by atoms with Crippen LogP contribution in [0, 0.1) is 5.92 Å². The van der Waals surface area contributed by atoms with Gasteiger partial charge in [0.15, 0.2) is 5.82 Å². The molecule has 0 fully saturated rings. The summed E-state index contributed by atoms with van der Waals surface area (Å²) in [6.45, 7) is 5.66. The van der Waals surface area contributed by atoms with Gasteiger partial charge in [0.05, 0.1) is 12.6 Å². The molecule has 2 N–H and O–H groups in total. The minimum absolute atomic E-state index is 0.123. The van der Waals surface area contributed by atoms with Gasteiger partial charge < -0.3 is 15.2 Å².